The number of piperidine rings is 1. The van der Waals surface area contributed by atoms with E-state index >= 15 is 0 Å². The quantitative estimate of drug-likeness (QED) is 0.780. The zero-order valence-corrected chi connectivity index (χ0v) is 12.1. The molecule has 0 radical (unpaired) electrons. The van der Waals surface area contributed by atoms with E-state index in [9.17, 15) is 4.79 Å². The van der Waals surface area contributed by atoms with Gasteiger partial charge in [0.05, 0.1) is 6.10 Å². The Morgan fingerprint density at radius 3 is 2.95 bits per heavy atom. The summed E-state index contributed by atoms with van der Waals surface area (Å²) in [5, 5.41) is 0. The zero-order chi connectivity index (χ0) is 13.8. The van der Waals surface area contributed by atoms with Crippen molar-refractivity contribution in [2.45, 2.75) is 32.8 Å². The van der Waals surface area contributed by atoms with Crippen molar-refractivity contribution in [3.05, 3.63) is 29.8 Å². The first-order valence-electron chi connectivity index (χ1n) is 7.02. The van der Waals surface area contributed by atoms with Gasteiger partial charge in [-0.3, -0.25) is 4.79 Å². The summed E-state index contributed by atoms with van der Waals surface area (Å²) >= 11 is 0. The maximum absolute atomic E-state index is 11.4. The number of hydrogen-bond donors (Lipinski definition) is 0. The van der Waals surface area contributed by atoms with Gasteiger partial charge in [-0.2, -0.15) is 0 Å². The van der Waals surface area contributed by atoms with E-state index in [2.05, 4.69) is 18.9 Å². The van der Waals surface area contributed by atoms with E-state index in [0.717, 1.165) is 12.3 Å². The summed E-state index contributed by atoms with van der Waals surface area (Å²) in [5.41, 5.74) is 0.713. The molecule has 0 aliphatic carbocycles. The number of hydrogen-bond acceptors (Lipinski definition) is 3. The van der Waals surface area contributed by atoms with Crippen molar-refractivity contribution in [1.82, 2.24) is 4.90 Å². The second-order valence-electron chi connectivity index (χ2n) is 5.57. The molecule has 0 N–H and O–H groups in total. The predicted octanol–water partition coefficient (Wildman–Crippen LogP) is 3.00. The third kappa shape index (κ3) is 3.80. The molecule has 0 amide bonds. The molecule has 3 nitrogen and oxygen atoms in total. The number of likely N-dealkylation sites (tertiary alicyclic amines) is 1. The van der Waals surface area contributed by atoms with Crippen LogP contribution in [0.1, 0.15) is 37.0 Å². The maximum Gasteiger partial charge on any atom is 0.159 e. The Balaban J connectivity index is 1.99. The van der Waals surface area contributed by atoms with E-state index in [0.29, 0.717) is 11.5 Å². The number of rotatable bonds is 4. The van der Waals surface area contributed by atoms with E-state index in [1.54, 1.807) is 6.92 Å². The second-order valence-corrected chi connectivity index (χ2v) is 5.57. The minimum Gasteiger partial charge on any atom is -0.490 e. The highest BCUT2D eigenvalue weighted by Crippen LogP contribution is 2.23. The fraction of sp³-hybridized carbons (Fsp3) is 0.562. The molecule has 19 heavy (non-hydrogen) atoms. The lowest BCUT2D eigenvalue weighted by Gasteiger charge is -2.33. The van der Waals surface area contributed by atoms with Crippen molar-refractivity contribution in [3.63, 3.8) is 0 Å². The van der Waals surface area contributed by atoms with E-state index < -0.39 is 0 Å². The van der Waals surface area contributed by atoms with Gasteiger partial charge in [-0.05, 0) is 52.4 Å². The number of benzene rings is 1. The predicted molar refractivity (Wildman–Crippen MR) is 76.8 cm³/mol. The molecule has 3 heteroatoms. The lowest BCUT2D eigenvalue weighted by molar-refractivity contribution is 0.0897. The summed E-state index contributed by atoms with van der Waals surface area (Å²) in [4.78, 5) is 13.7. The summed E-state index contributed by atoms with van der Waals surface area (Å²) in [6.45, 7) is 5.99. The number of ether oxygens (including phenoxy) is 1. The van der Waals surface area contributed by atoms with Crippen molar-refractivity contribution in [2.75, 3.05) is 20.1 Å². The fourth-order valence-corrected chi connectivity index (χ4v) is 2.69. The lowest BCUT2D eigenvalue weighted by atomic mass is 9.93. The first-order valence-corrected chi connectivity index (χ1v) is 7.02. The molecular formula is C16H23NO2. The molecular weight excluding hydrogens is 238 g/mol. The fourth-order valence-electron chi connectivity index (χ4n) is 2.69. The number of carbonyl (C=O) groups is 1. The van der Waals surface area contributed by atoms with Crippen molar-refractivity contribution >= 4 is 5.78 Å². The number of carbonyl (C=O) groups excluding carboxylic acids is 1. The van der Waals surface area contributed by atoms with Crippen molar-refractivity contribution < 1.29 is 9.53 Å². The van der Waals surface area contributed by atoms with Crippen LogP contribution in [0.3, 0.4) is 0 Å². The smallest absolute Gasteiger partial charge is 0.159 e. The van der Waals surface area contributed by atoms with Crippen LogP contribution in [0.4, 0.5) is 0 Å². The number of ketones is 1. The Hall–Kier alpha value is -1.35. The molecule has 2 atom stereocenters. The van der Waals surface area contributed by atoms with Crippen molar-refractivity contribution in [1.29, 1.82) is 0 Å². The average molecular weight is 261 g/mol. The van der Waals surface area contributed by atoms with Gasteiger partial charge >= 0.3 is 0 Å². The van der Waals surface area contributed by atoms with Crippen LogP contribution in [0.5, 0.6) is 5.75 Å². The molecule has 2 unspecified atom stereocenters. The molecule has 2 rings (SSSR count). The van der Waals surface area contributed by atoms with Gasteiger partial charge in [-0.1, -0.05) is 12.1 Å². The molecule has 1 aliphatic rings. The molecule has 0 bridgehead atoms. The Labute approximate surface area is 115 Å². The number of nitrogens with zero attached hydrogens (tertiary/aromatic N) is 1. The van der Waals surface area contributed by atoms with Crippen LogP contribution in [-0.4, -0.2) is 36.9 Å². The van der Waals surface area contributed by atoms with Crippen molar-refractivity contribution in [2.24, 2.45) is 5.92 Å². The third-order valence-corrected chi connectivity index (χ3v) is 3.89. The molecule has 1 aliphatic heterocycles. The minimum atomic E-state index is 0.0792. The number of Topliss-reactive ketones (excluding diaryl/α,β-unsaturated/α-hetero) is 1. The SMILES string of the molecule is CC(=O)c1cccc(OC(C)C2CCCN(C)C2)c1. The molecule has 104 valence electrons. The second kappa shape index (κ2) is 6.20. The minimum absolute atomic E-state index is 0.0792. The van der Waals surface area contributed by atoms with E-state index in [4.69, 9.17) is 4.74 Å². The van der Waals surface area contributed by atoms with Gasteiger partial charge in [0.15, 0.2) is 5.78 Å². The van der Waals surface area contributed by atoms with Gasteiger partial charge < -0.3 is 9.64 Å². The van der Waals surface area contributed by atoms with Gasteiger partial charge in [0.2, 0.25) is 0 Å². The first kappa shape index (κ1) is 14.1. The van der Waals surface area contributed by atoms with Crippen LogP contribution in [0.2, 0.25) is 0 Å². The van der Waals surface area contributed by atoms with Gasteiger partial charge in [0.25, 0.3) is 0 Å². The molecule has 0 saturated carbocycles. The highest BCUT2D eigenvalue weighted by molar-refractivity contribution is 5.94. The van der Waals surface area contributed by atoms with Crippen molar-refractivity contribution in [3.8, 4) is 5.75 Å². The highest BCUT2D eigenvalue weighted by atomic mass is 16.5. The zero-order valence-electron chi connectivity index (χ0n) is 12.1. The maximum atomic E-state index is 11.4. The van der Waals surface area contributed by atoms with Crippen LogP contribution >= 0.6 is 0 Å². The Morgan fingerprint density at radius 2 is 2.26 bits per heavy atom. The lowest BCUT2D eigenvalue weighted by Crippen LogP contribution is -2.39. The summed E-state index contributed by atoms with van der Waals surface area (Å²) in [5.74, 6) is 1.45. The largest absolute Gasteiger partial charge is 0.490 e. The topological polar surface area (TPSA) is 29.5 Å². The highest BCUT2D eigenvalue weighted by Gasteiger charge is 2.24. The van der Waals surface area contributed by atoms with Gasteiger partial charge in [-0.15, -0.1) is 0 Å². The standard InChI is InChI=1S/C16H23NO2/c1-12(18)14-6-4-8-16(10-14)19-13(2)15-7-5-9-17(3)11-15/h4,6,8,10,13,15H,5,7,9,11H2,1-3H3. The Morgan fingerprint density at radius 1 is 1.47 bits per heavy atom. The van der Waals surface area contributed by atoms with Crippen LogP contribution in [-0.2, 0) is 0 Å². The summed E-state index contributed by atoms with van der Waals surface area (Å²) in [6, 6.07) is 7.47. The summed E-state index contributed by atoms with van der Waals surface area (Å²) in [7, 11) is 2.16. The van der Waals surface area contributed by atoms with Gasteiger partial charge in [0.1, 0.15) is 5.75 Å². The van der Waals surface area contributed by atoms with E-state index in [1.165, 1.54) is 19.4 Å². The van der Waals surface area contributed by atoms with Crippen LogP contribution in [0, 0.1) is 5.92 Å². The van der Waals surface area contributed by atoms with Gasteiger partial charge in [-0.25, -0.2) is 0 Å². The van der Waals surface area contributed by atoms with Crippen LogP contribution < -0.4 is 4.74 Å². The molecule has 0 aromatic heterocycles. The van der Waals surface area contributed by atoms with E-state index in [1.807, 2.05) is 24.3 Å². The average Bonchev–Trinajstić information content (AvgIpc) is 2.39. The molecule has 1 aromatic carbocycles. The normalized spacial score (nSPS) is 21.9. The van der Waals surface area contributed by atoms with Gasteiger partial charge in [0, 0.05) is 18.0 Å². The third-order valence-electron chi connectivity index (χ3n) is 3.89. The summed E-state index contributed by atoms with van der Waals surface area (Å²) in [6.07, 6.45) is 2.64. The van der Waals surface area contributed by atoms with E-state index in [-0.39, 0.29) is 11.9 Å². The molecule has 0 spiro atoms. The van der Waals surface area contributed by atoms with Crippen LogP contribution in [0.15, 0.2) is 24.3 Å². The molecule has 1 saturated heterocycles. The van der Waals surface area contributed by atoms with Crippen LogP contribution in [0.25, 0.3) is 0 Å². The monoisotopic (exact) mass is 261 g/mol. The molecule has 1 aromatic rings. The molecule has 1 heterocycles. The molecule has 1 fully saturated rings. The summed E-state index contributed by atoms with van der Waals surface area (Å²) < 4.78 is 6.01. The Bertz CT molecular complexity index is 444. The Kier molecular flexibility index (Phi) is 4.59. The first-order chi connectivity index (χ1) is 9.06.